The number of aromatic nitrogens is 1. The molecule has 0 unspecified atom stereocenters. The summed E-state index contributed by atoms with van der Waals surface area (Å²) in [6, 6.07) is 14.3. The molecule has 0 aliphatic heterocycles. The second-order valence-electron chi connectivity index (χ2n) is 5.82. The molecule has 27 heavy (non-hydrogen) atoms. The zero-order chi connectivity index (χ0) is 19.2. The summed E-state index contributed by atoms with van der Waals surface area (Å²) >= 11 is 1.34. The zero-order valence-electron chi connectivity index (χ0n) is 14.9. The molecule has 0 fully saturated rings. The van der Waals surface area contributed by atoms with Gasteiger partial charge in [-0.05, 0) is 43.3 Å². The highest BCUT2D eigenvalue weighted by Gasteiger charge is 2.14. The van der Waals surface area contributed by atoms with Crippen molar-refractivity contribution in [2.45, 2.75) is 20.5 Å². The number of thiazole rings is 1. The first-order valence-electron chi connectivity index (χ1n) is 8.23. The van der Waals surface area contributed by atoms with Crippen LogP contribution in [0.15, 0.2) is 53.9 Å². The highest BCUT2D eigenvalue weighted by Crippen LogP contribution is 2.19. The van der Waals surface area contributed by atoms with Gasteiger partial charge in [-0.3, -0.25) is 4.79 Å². The van der Waals surface area contributed by atoms with Gasteiger partial charge >= 0.3 is 5.97 Å². The number of rotatable bonds is 6. The van der Waals surface area contributed by atoms with Gasteiger partial charge in [0.15, 0.2) is 5.69 Å². The average Bonchev–Trinajstić information content (AvgIpc) is 3.12. The van der Waals surface area contributed by atoms with Gasteiger partial charge in [-0.25, -0.2) is 9.78 Å². The summed E-state index contributed by atoms with van der Waals surface area (Å²) in [4.78, 5) is 27.5. The highest BCUT2D eigenvalue weighted by molar-refractivity contribution is 7.09. The molecule has 0 atom stereocenters. The first kappa shape index (κ1) is 18.6. The summed E-state index contributed by atoms with van der Waals surface area (Å²) in [7, 11) is 0. The van der Waals surface area contributed by atoms with Crippen molar-refractivity contribution < 1.29 is 19.1 Å². The van der Waals surface area contributed by atoms with Crippen LogP contribution in [0.4, 0.5) is 5.69 Å². The molecule has 0 bridgehead atoms. The molecule has 0 aliphatic rings. The van der Waals surface area contributed by atoms with Gasteiger partial charge in [0.25, 0.3) is 0 Å². The van der Waals surface area contributed by atoms with Crippen LogP contribution in [-0.4, -0.2) is 16.9 Å². The second kappa shape index (κ2) is 8.46. The topological polar surface area (TPSA) is 77.5 Å². The predicted octanol–water partition coefficient (Wildman–Crippen LogP) is 4.21. The number of esters is 1. The molecule has 1 amide bonds. The van der Waals surface area contributed by atoms with Crippen LogP contribution in [0.25, 0.3) is 0 Å². The molecule has 2 aromatic carbocycles. The Balaban J connectivity index is 1.56. The third kappa shape index (κ3) is 5.39. The SMILES string of the molecule is CC(=O)Nc1ccc(OC(=O)c2csc(COc3ccc(C)cc3)n2)cc1. The lowest BCUT2D eigenvalue weighted by Crippen LogP contribution is -2.10. The van der Waals surface area contributed by atoms with Crippen molar-refractivity contribution in [1.82, 2.24) is 4.98 Å². The van der Waals surface area contributed by atoms with E-state index in [1.54, 1.807) is 29.6 Å². The maximum atomic E-state index is 12.2. The molecule has 0 radical (unpaired) electrons. The Morgan fingerprint density at radius 3 is 2.37 bits per heavy atom. The first-order chi connectivity index (χ1) is 13.0. The number of nitrogens with zero attached hydrogens (tertiary/aromatic N) is 1. The van der Waals surface area contributed by atoms with Crippen molar-refractivity contribution in [3.63, 3.8) is 0 Å². The molecule has 3 rings (SSSR count). The van der Waals surface area contributed by atoms with Crippen LogP contribution >= 0.6 is 11.3 Å². The molecule has 1 aromatic heterocycles. The number of benzene rings is 2. The van der Waals surface area contributed by atoms with Crippen molar-refractivity contribution in [2.75, 3.05) is 5.32 Å². The quantitative estimate of drug-likeness (QED) is 0.510. The zero-order valence-corrected chi connectivity index (χ0v) is 15.7. The van der Waals surface area contributed by atoms with Gasteiger partial charge in [-0.1, -0.05) is 17.7 Å². The summed E-state index contributed by atoms with van der Waals surface area (Å²) in [5.41, 5.74) is 2.02. The Labute approximate surface area is 160 Å². The monoisotopic (exact) mass is 382 g/mol. The largest absolute Gasteiger partial charge is 0.486 e. The molecule has 0 spiro atoms. The van der Waals surface area contributed by atoms with E-state index in [9.17, 15) is 9.59 Å². The minimum absolute atomic E-state index is 0.164. The van der Waals surface area contributed by atoms with Crippen molar-refractivity contribution in [3.05, 3.63) is 70.2 Å². The Morgan fingerprint density at radius 1 is 1.04 bits per heavy atom. The van der Waals surface area contributed by atoms with Gasteiger partial charge in [-0.15, -0.1) is 11.3 Å². The molecule has 138 valence electrons. The maximum Gasteiger partial charge on any atom is 0.363 e. The fourth-order valence-corrected chi connectivity index (χ4v) is 2.89. The Kier molecular flexibility index (Phi) is 5.83. The fourth-order valence-electron chi connectivity index (χ4n) is 2.22. The Hall–Kier alpha value is -3.19. The Bertz CT molecular complexity index is 933. The van der Waals surface area contributed by atoms with Crippen molar-refractivity contribution >= 4 is 28.9 Å². The second-order valence-corrected chi connectivity index (χ2v) is 6.77. The van der Waals surface area contributed by atoms with Gasteiger partial charge in [0.05, 0.1) is 0 Å². The van der Waals surface area contributed by atoms with E-state index in [1.165, 1.54) is 18.3 Å². The van der Waals surface area contributed by atoms with Crippen molar-refractivity contribution in [3.8, 4) is 11.5 Å². The molecule has 7 heteroatoms. The van der Waals surface area contributed by atoms with Crippen LogP contribution < -0.4 is 14.8 Å². The normalized spacial score (nSPS) is 10.3. The van der Waals surface area contributed by atoms with E-state index < -0.39 is 5.97 Å². The van der Waals surface area contributed by atoms with Gasteiger partial charge in [0.1, 0.15) is 23.1 Å². The summed E-state index contributed by atoms with van der Waals surface area (Å²) in [6.07, 6.45) is 0. The van der Waals surface area contributed by atoms with E-state index in [0.717, 1.165) is 11.3 Å². The van der Waals surface area contributed by atoms with Crippen molar-refractivity contribution in [2.24, 2.45) is 0 Å². The molecule has 0 saturated carbocycles. The standard InChI is InChI=1S/C20H18N2O4S/c1-13-3-7-16(8-4-13)25-11-19-22-18(12-27-19)20(24)26-17-9-5-15(6-10-17)21-14(2)23/h3-10,12H,11H2,1-2H3,(H,21,23). The minimum Gasteiger partial charge on any atom is -0.486 e. The highest BCUT2D eigenvalue weighted by atomic mass is 32.1. The molecule has 0 saturated heterocycles. The minimum atomic E-state index is -0.542. The number of carbonyl (C=O) groups excluding carboxylic acids is 2. The summed E-state index contributed by atoms with van der Waals surface area (Å²) < 4.78 is 11.0. The van der Waals surface area contributed by atoms with Crippen LogP contribution in [0.2, 0.25) is 0 Å². The number of aryl methyl sites for hydroxylation is 1. The lowest BCUT2D eigenvalue weighted by atomic mass is 10.2. The lowest BCUT2D eigenvalue weighted by Gasteiger charge is -2.05. The predicted molar refractivity (Wildman–Crippen MR) is 103 cm³/mol. The van der Waals surface area contributed by atoms with Gasteiger partial charge in [0.2, 0.25) is 5.91 Å². The van der Waals surface area contributed by atoms with Crippen molar-refractivity contribution in [1.29, 1.82) is 0 Å². The van der Waals surface area contributed by atoms with Crippen LogP contribution in [0.1, 0.15) is 28.0 Å². The number of carbonyl (C=O) groups is 2. The van der Waals surface area contributed by atoms with E-state index in [4.69, 9.17) is 9.47 Å². The number of anilines is 1. The van der Waals surface area contributed by atoms with E-state index in [0.29, 0.717) is 16.4 Å². The number of hydrogen-bond donors (Lipinski definition) is 1. The number of amides is 1. The van der Waals surface area contributed by atoms with Crippen LogP contribution in [0.3, 0.4) is 0 Å². The summed E-state index contributed by atoms with van der Waals surface area (Å²) in [6.45, 7) is 3.72. The van der Waals surface area contributed by atoms with E-state index in [2.05, 4.69) is 10.3 Å². The van der Waals surface area contributed by atoms with Crippen LogP contribution in [-0.2, 0) is 11.4 Å². The maximum absolute atomic E-state index is 12.2. The van der Waals surface area contributed by atoms with Gasteiger partial charge < -0.3 is 14.8 Å². The summed E-state index contributed by atoms with van der Waals surface area (Å²) in [5, 5.41) is 4.97. The van der Waals surface area contributed by atoms with E-state index in [-0.39, 0.29) is 18.2 Å². The molecule has 0 aliphatic carbocycles. The number of nitrogens with one attached hydrogen (secondary N) is 1. The third-order valence-electron chi connectivity index (χ3n) is 3.53. The Morgan fingerprint density at radius 2 is 1.70 bits per heavy atom. The first-order valence-corrected chi connectivity index (χ1v) is 9.11. The average molecular weight is 382 g/mol. The van der Waals surface area contributed by atoms with E-state index in [1.807, 2.05) is 31.2 Å². The number of ether oxygens (including phenoxy) is 2. The van der Waals surface area contributed by atoms with Crippen LogP contribution in [0.5, 0.6) is 11.5 Å². The molecule has 1 N–H and O–H groups in total. The molecule has 1 heterocycles. The third-order valence-corrected chi connectivity index (χ3v) is 4.35. The van der Waals surface area contributed by atoms with Gasteiger partial charge in [-0.2, -0.15) is 0 Å². The lowest BCUT2D eigenvalue weighted by molar-refractivity contribution is -0.114. The van der Waals surface area contributed by atoms with E-state index >= 15 is 0 Å². The summed E-state index contributed by atoms with van der Waals surface area (Å²) in [5.74, 6) is 0.418. The fraction of sp³-hybridized carbons (Fsp3) is 0.150. The van der Waals surface area contributed by atoms with Crippen LogP contribution in [0, 0.1) is 6.92 Å². The molecule has 3 aromatic rings. The smallest absolute Gasteiger partial charge is 0.363 e. The number of hydrogen-bond acceptors (Lipinski definition) is 6. The molecule has 6 nitrogen and oxygen atoms in total. The van der Waals surface area contributed by atoms with Gasteiger partial charge in [0, 0.05) is 18.0 Å². The molecular weight excluding hydrogens is 364 g/mol. The molecular formula is C20H18N2O4S.